The maximum Gasteiger partial charge on any atom is 0.211 e. The normalized spacial score (nSPS) is 13.2. The van der Waals surface area contributed by atoms with Crippen LogP contribution in [-0.4, -0.2) is 19.3 Å². The number of rotatable bonds is 8. The van der Waals surface area contributed by atoms with Crippen LogP contribution in [0.1, 0.15) is 41.2 Å². The Labute approximate surface area is 135 Å². The van der Waals surface area contributed by atoms with Gasteiger partial charge in [0, 0.05) is 16.3 Å². The predicted molar refractivity (Wildman–Crippen MR) is 90.4 cm³/mol. The number of aliphatic hydroxyl groups excluding tert-OH is 1. The van der Waals surface area contributed by atoms with Crippen LogP contribution in [0, 0.1) is 0 Å². The minimum Gasteiger partial charge on any atom is -0.383 e. The second-order valence-electron chi connectivity index (χ2n) is 5.11. The molecule has 2 rings (SSSR count). The summed E-state index contributed by atoms with van der Waals surface area (Å²) in [5, 5.41) is 10.3. The Morgan fingerprint density at radius 2 is 1.91 bits per heavy atom. The molecule has 0 spiro atoms. The Bertz CT molecular complexity index is 680. The van der Waals surface area contributed by atoms with E-state index in [1.54, 1.807) is 0 Å². The van der Waals surface area contributed by atoms with Crippen molar-refractivity contribution in [1.29, 1.82) is 0 Å². The first-order valence-electron chi connectivity index (χ1n) is 7.31. The van der Waals surface area contributed by atoms with Crippen LogP contribution in [0.4, 0.5) is 0 Å². The van der Waals surface area contributed by atoms with Crippen LogP contribution in [-0.2, 0) is 16.6 Å². The fraction of sp³-hybridized carbons (Fsp3) is 0.375. The van der Waals surface area contributed by atoms with E-state index in [2.05, 4.69) is 4.72 Å². The molecule has 0 aliphatic rings. The van der Waals surface area contributed by atoms with Gasteiger partial charge in [-0.3, -0.25) is 0 Å². The maximum absolute atomic E-state index is 11.8. The molecule has 6 heteroatoms. The Kier molecular flexibility index (Phi) is 6.14. The number of nitrogens with one attached hydrogen (secondary N) is 1. The summed E-state index contributed by atoms with van der Waals surface area (Å²) < 4.78 is 26.1. The number of sulfonamides is 1. The largest absolute Gasteiger partial charge is 0.383 e. The first-order valence-corrected chi connectivity index (χ1v) is 9.77. The molecule has 1 aromatic heterocycles. The van der Waals surface area contributed by atoms with Crippen molar-refractivity contribution in [2.24, 2.45) is 0 Å². The van der Waals surface area contributed by atoms with E-state index in [-0.39, 0.29) is 12.3 Å². The Balaban J connectivity index is 1.97. The van der Waals surface area contributed by atoms with Crippen LogP contribution in [0.3, 0.4) is 0 Å². The van der Waals surface area contributed by atoms with Crippen molar-refractivity contribution in [2.75, 3.05) is 5.75 Å². The number of aliphatic hydroxyl groups is 1. The molecule has 0 saturated heterocycles. The average molecular weight is 339 g/mol. The van der Waals surface area contributed by atoms with Crippen molar-refractivity contribution in [3.8, 4) is 0 Å². The molecule has 1 atom stereocenters. The lowest BCUT2D eigenvalue weighted by molar-refractivity contribution is 0.224. The first-order chi connectivity index (χ1) is 10.5. The van der Waals surface area contributed by atoms with Crippen LogP contribution >= 0.6 is 11.3 Å². The fourth-order valence-electron chi connectivity index (χ4n) is 2.02. The van der Waals surface area contributed by atoms with Gasteiger partial charge in [-0.25, -0.2) is 13.1 Å². The second kappa shape index (κ2) is 7.87. The minimum absolute atomic E-state index is 0.161. The molecule has 0 saturated carbocycles. The summed E-state index contributed by atoms with van der Waals surface area (Å²) in [6.07, 6.45) is 0.849. The molecular formula is C16H21NO3S2. The summed E-state index contributed by atoms with van der Waals surface area (Å²) in [4.78, 5) is 1.71. The number of thiophene rings is 1. The third kappa shape index (κ3) is 4.91. The van der Waals surface area contributed by atoms with Crippen molar-refractivity contribution in [2.45, 2.75) is 32.4 Å². The standard InChI is InChI=1S/C16H21NO3S2/c1-2-3-11-22(19,20)17-12-14-9-10-15(21-14)16(18)13-7-5-4-6-8-13/h4-10,16-18H,2-3,11-12H2,1H3. The summed E-state index contributed by atoms with van der Waals surface area (Å²) in [5.41, 5.74) is 0.833. The molecule has 120 valence electrons. The second-order valence-corrected chi connectivity index (χ2v) is 8.24. The molecule has 4 nitrogen and oxygen atoms in total. The molecule has 0 amide bonds. The first kappa shape index (κ1) is 17.1. The van der Waals surface area contributed by atoms with Gasteiger partial charge in [-0.05, 0) is 24.1 Å². The number of benzene rings is 1. The monoisotopic (exact) mass is 339 g/mol. The van der Waals surface area contributed by atoms with Crippen molar-refractivity contribution in [3.63, 3.8) is 0 Å². The van der Waals surface area contributed by atoms with E-state index in [0.29, 0.717) is 6.42 Å². The summed E-state index contributed by atoms with van der Waals surface area (Å²) in [6, 6.07) is 13.1. The van der Waals surface area contributed by atoms with E-state index in [4.69, 9.17) is 0 Å². The highest BCUT2D eigenvalue weighted by Crippen LogP contribution is 2.28. The third-order valence-corrected chi connectivity index (χ3v) is 5.85. The molecule has 0 aliphatic heterocycles. The van der Waals surface area contributed by atoms with E-state index < -0.39 is 16.1 Å². The Morgan fingerprint density at radius 3 is 2.59 bits per heavy atom. The van der Waals surface area contributed by atoms with Crippen molar-refractivity contribution < 1.29 is 13.5 Å². The van der Waals surface area contributed by atoms with Crippen molar-refractivity contribution in [3.05, 3.63) is 57.8 Å². The van der Waals surface area contributed by atoms with E-state index in [9.17, 15) is 13.5 Å². The van der Waals surface area contributed by atoms with Crippen LogP contribution in [0.15, 0.2) is 42.5 Å². The lowest BCUT2D eigenvalue weighted by atomic mass is 10.1. The molecule has 1 aromatic carbocycles. The molecule has 22 heavy (non-hydrogen) atoms. The third-order valence-electron chi connectivity index (χ3n) is 3.30. The molecule has 0 aliphatic carbocycles. The van der Waals surface area contributed by atoms with E-state index >= 15 is 0 Å². The Hall–Kier alpha value is -1.21. The summed E-state index contributed by atoms with van der Waals surface area (Å²) >= 11 is 1.42. The molecule has 0 bridgehead atoms. The molecule has 0 radical (unpaired) electrons. The highest BCUT2D eigenvalue weighted by atomic mass is 32.2. The number of hydrogen-bond donors (Lipinski definition) is 2. The van der Waals surface area contributed by atoms with Gasteiger partial charge >= 0.3 is 0 Å². The van der Waals surface area contributed by atoms with E-state index in [1.165, 1.54) is 11.3 Å². The zero-order chi connectivity index (χ0) is 16.0. The number of hydrogen-bond acceptors (Lipinski definition) is 4. The minimum atomic E-state index is -3.21. The van der Waals surface area contributed by atoms with Gasteiger partial charge in [0.15, 0.2) is 0 Å². The average Bonchev–Trinajstić information content (AvgIpc) is 3.00. The lowest BCUT2D eigenvalue weighted by Crippen LogP contribution is -2.25. The maximum atomic E-state index is 11.8. The van der Waals surface area contributed by atoms with Gasteiger partial charge in [0.2, 0.25) is 10.0 Å². The molecule has 2 aromatic rings. The van der Waals surface area contributed by atoms with Gasteiger partial charge in [-0.2, -0.15) is 0 Å². The summed E-state index contributed by atoms with van der Waals surface area (Å²) in [6.45, 7) is 2.24. The Morgan fingerprint density at radius 1 is 1.18 bits per heavy atom. The quantitative estimate of drug-likeness (QED) is 0.777. The summed E-state index contributed by atoms with van der Waals surface area (Å²) in [5.74, 6) is 0.161. The zero-order valence-corrected chi connectivity index (χ0v) is 14.2. The van der Waals surface area contributed by atoms with Crippen molar-refractivity contribution in [1.82, 2.24) is 4.72 Å². The topological polar surface area (TPSA) is 66.4 Å². The smallest absolute Gasteiger partial charge is 0.211 e. The van der Waals surface area contributed by atoms with Gasteiger partial charge in [0.1, 0.15) is 6.10 Å². The summed E-state index contributed by atoms with van der Waals surface area (Å²) in [7, 11) is -3.21. The van der Waals surface area contributed by atoms with Gasteiger partial charge in [0.25, 0.3) is 0 Å². The highest BCUT2D eigenvalue weighted by Gasteiger charge is 2.14. The molecule has 2 N–H and O–H groups in total. The van der Waals surface area contributed by atoms with Gasteiger partial charge in [-0.15, -0.1) is 11.3 Å². The van der Waals surface area contributed by atoms with Gasteiger partial charge in [0.05, 0.1) is 5.75 Å². The lowest BCUT2D eigenvalue weighted by Gasteiger charge is -2.08. The zero-order valence-electron chi connectivity index (χ0n) is 12.5. The van der Waals surface area contributed by atoms with Crippen LogP contribution in [0.25, 0.3) is 0 Å². The van der Waals surface area contributed by atoms with E-state index in [1.807, 2.05) is 49.4 Å². The van der Waals surface area contributed by atoms with Crippen LogP contribution < -0.4 is 4.72 Å². The highest BCUT2D eigenvalue weighted by molar-refractivity contribution is 7.89. The van der Waals surface area contributed by atoms with Gasteiger partial charge < -0.3 is 5.11 Å². The van der Waals surface area contributed by atoms with Crippen molar-refractivity contribution >= 4 is 21.4 Å². The molecular weight excluding hydrogens is 318 g/mol. The SMILES string of the molecule is CCCCS(=O)(=O)NCc1ccc(C(O)c2ccccc2)s1. The van der Waals surface area contributed by atoms with Crippen LogP contribution in [0.5, 0.6) is 0 Å². The fourth-order valence-corrected chi connectivity index (χ4v) is 4.27. The molecule has 1 heterocycles. The molecule has 1 unspecified atom stereocenters. The van der Waals surface area contributed by atoms with Gasteiger partial charge in [-0.1, -0.05) is 43.7 Å². The number of unbranched alkanes of at least 4 members (excludes halogenated alkanes) is 1. The van der Waals surface area contributed by atoms with Crippen LogP contribution in [0.2, 0.25) is 0 Å². The predicted octanol–water partition coefficient (Wildman–Crippen LogP) is 3.05. The van der Waals surface area contributed by atoms with E-state index in [0.717, 1.165) is 21.7 Å². The molecule has 0 fully saturated rings.